The van der Waals surface area contributed by atoms with Gasteiger partial charge in [-0.05, 0) is 49.1 Å². The van der Waals surface area contributed by atoms with Gasteiger partial charge < -0.3 is 9.15 Å². The highest BCUT2D eigenvalue weighted by Gasteiger charge is 2.17. The number of hydrogen-bond donors (Lipinski definition) is 0. The molecule has 21 heavy (non-hydrogen) atoms. The molecule has 0 saturated heterocycles. The number of benzene rings is 2. The second kappa shape index (κ2) is 4.92. The Morgan fingerprint density at radius 3 is 2.52 bits per heavy atom. The topological polar surface area (TPSA) is 39.4 Å². The van der Waals surface area contributed by atoms with Gasteiger partial charge in [0.25, 0.3) is 0 Å². The van der Waals surface area contributed by atoms with E-state index in [1.54, 1.807) is 13.2 Å². The van der Waals surface area contributed by atoms with Gasteiger partial charge in [0.05, 0.1) is 7.11 Å². The molecule has 0 saturated carbocycles. The molecule has 3 nitrogen and oxygen atoms in total. The number of hydrogen-bond acceptors (Lipinski definition) is 3. The van der Waals surface area contributed by atoms with Gasteiger partial charge in [-0.15, -0.1) is 0 Å². The van der Waals surface area contributed by atoms with Crippen LogP contribution in [0.2, 0.25) is 0 Å². The molecular formula is C18H18O3. The van der Waals surface area contributed by atoms with Gasteiger partial charge in [-0.1, -0.05) is 6.92 Å². The van der Waals surface area contributed by atoms with E-state index in [1.807, 2.05) is 26.0 Å². The highest BCUT2D eigenvalue weighted by atomic mass is 16.5. The zero-order chi connectivity index (χ0) is 15.1. The van der Waals surface area contributed by atoms with Crippen molar-refractivity contribution in [3.63, 3.8) is 0 Å². The molecule has 3 rings (SSSR count). The Kier molecular flexibility index (Phi) is 3.20. The third kappa shape index (κ3) is 2.09. The number of fused-ring (bicyclic) bond motifs is 2. The molecule has 108 valence electrons. The van der Waals surface area contributed by atoms with E-state index in [1.165, 1.54) is 5.56 Å². The summed E-state index contributed by atoms with van der Waals surface area (Å²) in [5.74, 6) is 1.43. The van der Waals surface area contributed by atoms with Crippen LogP contribution in [-0.2, 0) is 6.42 Å². The fourth-order valence-corrected chi connectivity index (χ4v) is 2.84. The largest absolute Gasteiger partial charge is 0.496 e. The number of aryl methyl sites for hydroxylation is 3. The van der Waals surface area contributed by atoms with E-state index < -0.39 is 0 Å². The van der Waals surface area contributed by atoms with Crippen LogP contribution in [0, 0.1) is 13.8 Å². The first kappa shape index (κ1) is 13.7. The highest BCUT2D eigenvalue weighted by Crippen LogP contribution is 2.36. The lowest BCUT2D eigenvalue weighted by Gasteiger charge is -2.15. The first-order valence-corrected chi connectivity index (χ1v) is 7.09. The van der Waals surface area contributed by atoms with Gasteiger partial charge in [-0.25, -0.2) is 0 Å². The normalized spacial score (nSPS) is 11.2. The third-order valence-electron chi connectivity index (χ3n) is 4.00. The Morgan fingerprint density at radius 1 is 1.10 bits per heavy atom. The summed E-state index contributed by atoms with van der Waals surface area (Å²) in [5, 5.41) is 1.08. The van der Waals surface area contributed by atoms with Crippen LogP contribution in [0.3, 0.4) is 0 Å². The molecule has 0 spiro atoms. The molecule has 1 aliphatic heterocycles. The van der Waals surface area contributed by atoms with Crippen molar-refractivity contribution < 1.29 is 9.15 Å². The third-order valence-corrected chi connectivity index (χ3v) is 4.00. The first-order chi connectivity index (χ1) is 10.0. The molecule has 0 fully saturated rings. The molecule has 1 heterocycles. The maximum atomic E-state index is 11.9. The number of methoxy groups -OCH3 is 1. The second-order valence-electron chi connectivity index (χ2n) is 5.37. The summed E-state index contributed by atoms with van der Waals surface area (Å²) in [6.07, 6.45) is 0.882. The van der Waals surface area contributed by atoms with E-state index in [0.717, 1.165) is 39.8 Å². The van der Waals surface area contributed by atoms with Gasteiger partial charge >= 0.3 is 0 Å². The van der Waals surface area contributed by atoms with Crippen LogP contribution in [0.4, 0.5) is 0 Å². The highest BCUT2D eigenvalue weighted by molar-refractivity contribution is 5.89. The van der Waals surface area contributed by atoms with Crippen molar-refractivity contribution in [2.45, 2.75) is 27.2 Å². The summed E-state index contributed by atoms with van der Waals surface area (Å²) in [6, 6.07) is 7.50. The quantitative estimate of drug-likeness (QED) is 0.665. The minimum atomic E-state index is 0.00623. The van der Waals surface area contributed by atoms with Crippen LogP contribution in [0.15, 0.2) is 33.5 Å². The fraction of sp³-hybridized carbons (Fsp3) is 0.278. The Hall–Kier alpha value is -2.29. The minimum absolute atomic E-state index is 0.00623. The SMILES string of the molecule is CCc1c2cc(C)c(=O)cc-2oc2cc(OC)c(C)cc12. The van der Waals surface area contributed by atoms with E-state index in [9.17, 15) is 4.79 Å². The van der Waals surface area contributed by atoms with Crippen molar-refractivity contribution in [2.24, 2.45) is 0 Å². The van der Waals surface area contributed by atoms with Gasteiger partial charge in [-0.2, -0.15) is 0 Å². The molecule has 0 bridgehead atoms. The molecule has 2 aliphatic rings. The van der Waals surface area contributed by atoms with Crippen molar-refractivity contribution in [3.05, 3.63) is 51.2 Å². The van der Waals surface area contributed by atoms with Crippen LogP contribution in [0.1, 0.15) is 23.6 Å². The number of rotatable bonds is 2. The van der Waals surface area contributed by atoms with Crippen LogP contribution >= 0.6 is 0 Å². The summed E-state index contributed by atoms with van der Waals surface area (Å²) >= 11 is 0. The molecule has 0 atom stereocenters. The molecule has 3 heteroatoms. The summed E-state index contributed by atoms with van der Waals surface area (Å²) in [4.78, 5) is 11.9. The predicted octanol–water partition coefficient (Wildman–Crippen LogP) is 4.09. The van der Waals surface area contributed by atoms with Crippen molar-refractivity contribution in [1.82, 2.24) is 0 Å². The standard InChI is InChI=1S/C18H18O3/c1-5-12-13-6-10(2)15(19)8-17(13)21-18-9-16(20-4)11(3)7-14(12)18/h6-9H,5H2,1-4H3. The summed E-state index contributed by atoms with van der Waals surface area (Å²) in [5.41, 5.74) is 4.81. The van der Waals surface area contributed by atoms with Gasteiger partial charge in [-0.3, -0.25) is 4.79 Å². The van der Waals surface area contributed by atoms with Gasteiger partial charge in [0.2, 0.25) is 0 Å². The van der Waals surface area contributed by atoms with Crippen molar-refractivity contribution >= 4 is 11.0 Å². The molecule has 1 aliphatic carbocycles. The Morgan fingerprint density at radius 2 is 1.86 bits per heavy atom. The zero-order valence-corrected chi connectivity index (χ0v) is 12.7. The molecule has 1 aromatic carbocycles. The predicted molar refractivity (Wildman–Crippen MR) is 84.5 cm³/mol. The summed E-state index contributed by atoms with van der Waals surface area (Å²) in [7, 11) is 1.65. The lowest BCUT2D eigenvalue weighted by molar-refractivity contribution is 0.411. The molecule has 0 amide bonds. The molecule has 1 aromatic rings. The first-order valence-electron chi connectivity index (χ1n) is 7.09. The van der Waals surface area contributed by atoms with Crippen LogP contribution in [0.5, 0.6) is 5.75 Å². The van der Waals surface area contributed by atoms with Crippen LogP contribution < -0.4 is 10.2 Å². The smallest absolute Gasteiger partial charge is 0.185 e. The molecular weight excluding hydrogens is 264 g/mol. The summed E-state index contributed by atoms with van der Waals surface area (Å²) < 4.78 is 11.3. The average Bonchev–Trinajstić information content (AvgIpc) is 2.46. The molecule has 0 N–H and O–H groups in total. The van der Waals surface area contributed by atoms with E-state index in [2.05, 4.69) is 13.0 Å². The van der Waals surface area contributed by atoms with Crippen molar-refractivity contribution in [3.8, 4) is 17.1 Å². The van der Waals surface area contributed by atoms with Gasteiger partial charge in [0.15, 0.2) is 5.43 Å². The number of ether oxygens (including phenoxy) is 1. The van der Waals surface area contributed by atoms with E-state index in [-0.39, 0.29) is 5.43 Å². The minimum Gasteiger partial charge on any atom is -0.496 e. The van der Waals surface area contributed by atoms with Crippen molar-refractivity contribution in [2.75, 3.05) is 7.11 Å². The van der Waals surface area contributed by atoms with E-state index in [0.29, 0.717) is 5.76 Å². The molecule has 0 radical (unpaired) electrons. The molecule has 0 aromatic heterocycles. The zero-order valence-electron chi connectivity index (χ0n) is 12.7. The van der Waals surface area contributed by atoms with Gasteiger partial charge in [0.1, 0.15) is 17.1 Å². The average molecular weight is 282 g/mol. The second-order valence-corrected chi connectivity index (χ2v) is 5.37. The Labute approximate surface area is 123 Å². The van der Waals surface area contributed by atoms with E-state index in [4.69, 9.17) is 9.15 Å². The van der Waals surface area contributed by atoms with Crippen molar-refractivity contribution in [1.29, 1.82) is 0 Å². The lowest BCUT2D eigenvalue weighted by Crippen LogP contribution is -2.06. The maximum absolute atomic E-state index is 11.9. The Bertz CT molecular complexity index is 859. The molecule has 0 unspecified atom stereocenters. The van der Waals surface area contributed by atoms with Crippen LogP contribution in [-0.4, -0.2) is 7.11 Å². The monoisotopic (exact) mass is 282 g/mol. The van der Waals surface area contributed by atoms with Crippen LogP contribution in [0.25, 0.3) is 22.3 Å². The lowest BCUT2D eigenvalue weighted by atomic mass is 9.95. The Balaban J connectivity index is 2.49. The fourth-order valence-electron chi connectivity index (χ4n) is 2.84. The maximum Gasteiger partial charge on any atom is 0.185 e. The summed E-state index contributed by atoms with van der Waals surface area (Å²) in [6.45, 7) is 5.98. The van der Waals surface area contributed by atoms with E-state index >= 15 is 0 Å². The van der Waals surface area contributed by atoms with Gasteiger partial charge in [0, 0.05) is 23.1 Å².